The van der Waals surface area contributed by atoms with Crippen LogP contribution < -0.4 is 4.90 Å². The van der Waals surface area contributed by atoms with E-state index in [0.29, 0.717) is 22.7 Å². The molecule has 20 heavy (non-hydrogen) atoms. The van der Waals surface area contributed by atoms with E-state index in [2.05, 4.69) is 4.98 Å². The van der Waals surface area contributed by atoms with Gasteiger partial charge in [-0.3, -0.25) is 9.69 Å². The van der Waals surface area contributed by atoms with Gasteiger partial charge in [-0.25, -0.2) is 9.78 Å². The lowest BCUT2D eigenvalue weighted by molar-refractivity contribution is -0.138. The SMILES string of the molecule is Cc1ncsc1C(=O)N1c2ccccc2C[C@H]1C(=O)O. The number of hydrogen-bond donors (Lipinski definition) is 1. The van der Waals surface area contributed by atoms with Gasteiger partial charge in [0.05, 0.1) is 11.2 Å². The first kappa shape index (κ1) is 12.8. The van der Waals surface area contributed by atoms with E-state index in [1.807, 2.05) is 18.2 Å². The standard InChI is InChI=1S/C14H12N2O3S/c1-8-12(20-7-15-8)13(17)16-10-5-3-2-4-9(10)6-11(16)14(18)19/h2-5,7,11H,6H2,1H3,(H,18,19)/t11-/m0/s1. The number of hydrogen-bond acceptors (Lipinski definition) is 4. The summed E-state index contributed by atoms with van der Waals surface area (Å²) in [7, 11) is 0. The van der Waals surface area contributed by atoms with Gasteiger partial charge in [0.1, 0.15) is 10.9 Å². The second kappa shape index (κ2) is 4.72. The van der Waals surface area contributed by atoms with Gasteiger partial charge in [0.2, 0.25) is 0 Å². The van der Waals surface area contributed by atoms with Gasteiger partial charge in [-0.2, -0.15) is 0 Å². The van der Waals surface area contributed by atoms with Gasteiger partial charge in [-0.15, -0.1) is 11.3 Å². The number of aliphatic carboxylic acids is 1. The van der Waals surface area contributed by atoms with Gasteiger partial charge in [-0.1, -0.05) is 18.2 Å². The molecule has 0 radical (unpaired) electrons. The van der Waals surface area contributed by atoms with Crippen molar-refractivity contribution in [3.05, 3.63) is 45.9 Å². The molecule has 102 valence electrons. The Morgan fingerprint density at radius 3 is 2.80 bits per heavy atom. The summed E-state index contributed by atoms with van der Waals surface area (Å²) in [6.45, 7) is 1.75. The lowest BCUT2D eigenvalue weighted by Gasteiger charge is -2.22. The first-order valence-electron chi connectivity index (χ1n) is 6.14. The van der Waals surface area contributed by atoms with Crippen molar-refractivity contribution in [2.75, 3.05) is 4.90 Å². The summed E-state index contributed by atoms with van der Waals surface area (Å²) in [5.41, 5.74) is 3.79. The molecule has 0 aliphatic carbocycles. The molecule has 0 saturated carbocycles. The summed E-state index contributed by atoms with van der Waals surface area (Å²) in [5, 5.41) is 9.37. The molecule has 1 amide bonds. The molecule has 0 unspecified atom stereocenters. The number of aromatic nitrogens is 1. The summed E-state index contributed by atoms with van der Waals surface area (Å²) in [5.74, 6) is -1.28. The maximum absolute atomic E-state index is 12.6. The van der Waals surface area contributed by atoms with E-state index in [1.165, 1.54) is 16.2 Å². The van der Waals surface area contributed by atoms with Gasteiger partial charge in [0, 0.05) is 12.1 Å². The second-order valence-electron chi connectivity index (χ2n) is 4.63. The van der Waals surface area contributed by atoms with Gasteiger partial charge >= 0.3 is 5.97 Å². The molecule has 5 nitrogen and oxygen atoms in total. The van der Waals surface area contributed by atoms with Crippen molar-refractivity contribution in [3.8, 4) is 0 Å². The van der Waals surface area contributed by atoms with Crippen molar-refractivity contribution < 1.29 is 14.7 Å². The lowest BCUT2D eigenvalue weighted by Crippen LogP contribution is -2.42. The summed E-state index contributed by atoms with van der Waals surface area (Å²) in [6.07, 6.45) is 0.342. The minimum atomic E-state index is -0.989. The highest BCUT2D eigenvalue weighted by Crippen LogP contribution is 2.34. The number of carbonyl (C=O) groups excluding carboxylic acids is 1. The lowest BCUT2D eigenvalue weighted by atomic mass is 10.1. The molecular formula is C14H12N2O3S. The Morgan fingerprint density at radius 2 is 2.15 bits per heavy atom. The second-order valence-corrected chi connectivity index (χ2v) is 5.48. The zero-order valence-electron chi connectivity index (χ0n) is 10.7. The molecule has 1 aliphatic heterocycles. The molecule has 0 fully saturated rings. The summed E-state index contributed by atoms with van der Waals surface area (Å²) in [4.78, 5) is 30.0. The Balaban J connectivity index is 2.07. The van der Waals surface area contributed by atoms with Crippen molar-refractivity contribution in [3.63, 3.8) is 0 Å². The van der Waals surface area contributed by atoms with E-state index in [0.717, 1.165) is 5.56 Å². The molecule has 1 aromatic carbocycles. The maximum Gasteiger partial charge on any atom is 0.327 e. The van der Waals surface area contributed by atoms with Crippen molar-refractivity contribution in [2.45, 2.75) is 19.4 Å². The van der Waals surface area contributed by atoms with E-state index in [-0.39, 0.29) is 5.91 Å². The van der Waals surface area contributed by atoms with Gasteiger partial charge in [-0.05, 0) is 18.6 Å². The molecular weight excluding hydrogens is 276 g/mol. The molecule has 6 heteroatoms. The number of rotatable bonds is 2. The smallest absolute Gasteiger partial charge is 0.327 e. The fourth-order valence-electron chi connectivity index (χ4n) is 2.45. The molecule has 3 rings (SSSR count). The molecule has 1 N–H and O–H groups in total. The van der Waals surface area contributed by atoms with Crippen LogP contribution in [-0.2, 0) is 11.2 Å². The minimum absolute atomic E-state index is 0.289. The number of fused-ring (bicyclic) bond motifs is 1. The number of carboxylic acid groups (broad SMARTS) is 1. The quantitative estimate of drug-likeness (QED) is 0.918. The number of carbonyl (C=O) groups is 2. The molecule has 1 atom stereocenters. The van der Waals surface area contributed by atoms with E-state index in [1.54, 1.807) is 18.5 Å². The van der Waals surface area contributed by atoms with Crippen molar-refractivity contribution in [1.82, 2.24) is 4.98 Å². The van der Waals surface area contributed by atoms with E-state index in [9.17, 15) is 14.7 Å². The zero-order chi connectivity index (χ0) is 14.3. The third-order valence-electron chi connectivity index (χ3n) is 3.42. The fourth-order valence-corrected chi connectivity index (χ4v) is 3.19. The highest BCUT2D eigenvalue weighted by atomic mass is 32.1. The molecule has 0 bridgehead atoms. The van der Waals surface area contributed by atoms with Crippen LogP contribution in [0.25, 0.3) is 0 Å². The van der Waals surface area contributed by atoms with Crippen molar-refractivity contribution >= 4 is 28.9 Å². The average molecular weight is 288 g/mol. The molecule has 1 aromatic heterocycles. The van der Waals surface area contributed by atoms with E-state index in [4.69, 9.17) is 0 Å². The van der Waals surface area contributed by atoms with Crippen LogP contribution in [0.15, 0.2) is 29.8 Å². The summed E-state index contributed by atoms with van der Waals surface area (Å²) in [6, 6.07) is 6.46. The number of thiazole rings is 1. The first-order chi connectivity index (χ1) is 9.59. The van der Waals surface area contributed by atoms with Crippen LogP contribution in [0.3, 0.4) is 0 Å². The molecule has 1 aliphatic rings. The van der Waals surface area contributed by atoms with Crippen LogP contribution in [0.5, 0.6) is 0 Å². The Kier molecular flexibility index (Phi) is 3.02. The molecule has 0 saturated heterocycles. The average Bonchev–Trinajstić information content (AvgIpc) is 3.01. The number of anilines is 1. The van der Waals surface area contributed by atoms with Crippen LogP contribution in [-0.4, -0.2) is 28.0 Å². The number of carboxylic acids is 1. The Labute approximate surface area is 119 Å². The topological polar surface area (TPSA) is 70.5 Å². The number of nitrogens with zero attached hydrogens (tertiary/aromatic N) is 2. The van der Waals surface area contributed by atoms with Crippen LogP contribution in [0, 0.1) is 6.92 Å². The highest BCUT2D eigenvalue weighted by molar-refractivity contribution is 7.12. The third-order valence-corrected chi connectivity index (χ3v) is 4.34. The predicted octanol–water partition coefficient (Wildman–Crippen LogP) is 2.11. The number of para-hydroxylation sites is 1. The van der Waals surface area contributed by atoms with E-state index < -0.39 is 12.0 Å². The first-order valence-corrected chi connectivity index (χ1v) is 7.02. The normalized spacial score (nSPS) is 17.1. The number of amides is 1. The fraction of sp³-hybridized carbons (Fsp3) is 0.214. The van der Waals surface area contributed by atoms with Gasteiger partial charge in [0.25, 0.3) is 5.91 Å². The minimum Gasteiger partial charge on any atom is -0.480 e. The molecule has 2 heterocycles. The van der Waals surface area contributed by atoms with Crippen LogP contribution >= 0.6 is 11.3 Å². The third kappa shape index (κ3) is 1.89. The predicted molar refractivity (Wildman–Crippen MR) is 75.2 cm³/mol. The van der Waals surface area contributed by atoms with Crippen LogP contribution in [0.4, 0.5) is 5.69 Å². The summed E-state index contributed by atoms with van der Waals surface area (Å²) >= 11 is 1.24. The molecule has 0 spiro atoms. The van der Waals surface area contributed by atoms with Crippen molar-refractivity contribution in [2.24, 2.45) is 0 Å². The monoisotopic (exact) mass is 288 g/mol. The Bertz CT molecular complexity index is 695. The molecule has 2 aromatic rings. The van der Waals surface area contributed by atoms with Crippen LogP contribution in [0.1, 0.15) is 20.9 Å². The van der Waals surface area contributed by atoms with Crippen molar-refractivity contribution in [1.29, 1.82) is 0 Å². The highest BCUT2D eigenvalue weighted by Gasteiger charge is 2.39. The number of aryl methyl sites for hydroxylation is 1. The number of benzene rings is 1. The van der Waals surface area contributed by atoms with Crippen LogP contribution in [0.2, 0.25) is 0 Å². The van der Waals surface area contributed by atoms with E-state index >= 15 is 0 Å². The zero-order valence-corrected chi connectivity index (χ0v) is 11.6. The largest absolute Gasteiger partial charge is 0.480 e. The summed E-state index contributed by atoms with van der Waals surface area (Å²) < 4.78 is 0. The van der Waals surface area contributed by atoms with Gasteiger partial charge < -0.3 is 5.11 Å². The Morgan fingerprint density at radius 1 is 1.40 bits per heavy atom. The Hall–Kier alpha value is -2.21. The maximum atomic E-state index is 12.6. The van der Waals surface area contributed by atoms with Gasteiger partial charge in [0.15, 0.2) is 0 Å².